The van der Waals surface area contributed by atoms with E-state index in [1.165, 1.54) is 11.3 Å². The summed E-state index contributed by atoms with van der Waals surface area (Å²) in [4.78, 5) is 32.1. The summed E-state index contributed by atoms with van der Waals surface area (Å²) in [6, 6.07) is 12.8. The molecule has 1 fully saturated rings. The lowest BCUT2D eigenvalue weighted by atomic mass is 10.1. The highest BCUT2D eigenvalue weighted by Crippen LogP contribution is 2.33. The Morgan fingerprint density at radius 3 is 2.48 bits per heavy atom. The van der Waals surface area contributed by atoms with Gasteiger partial charge in [-0.3, -0.25) is 9.59 Å². The maximum absolute atomic E-state index is 13.1. The van der Waals surface area contributed by atoms with E-state index in [1.807, 2.05) is 37.3 Å². The average Bonchev–Trinajstić information content (AvgIpc) is 3.43. The van der Waals surface area contributed by atoms with Crippen molar-refractivity contribution in [3.63, 3.8) is 0 Å². The Morgan fingerprint density at radius 2 is 1.84 bits per heavy atom. The smallest absolute Gasteiger partial charge is 0.267 e. The van der Waals surface area contributed by atoms with Crippen molar-refractivity contribution in [2.24, 2.45) is 5.73 Å². The van der Waals surface area contributed by atoms with Gasteiger partial charge in [0.05, 0.1) is 24.2 Å². The van der Waals surface area contributed by atoms with E-state index in [1.54, 1.807) is 19.2 Å². The monoisotopic (exact) mass is 436 g/mol. The number of carbonyl (C=O) groups is 2. The Hall–Kier alpha value is -3.39. The average molecular weight is 437 g/mol. The summed E-state index contributed by atoms with van der Waals surface area (Å²) in [6.07, 6.45) is 2.20. The Kier molecular flexibility index (Phi) is 5.90. The van der Waals surface area contributed by atoms with Crippen LogP contribution in [0.5, 0.6) is 5.75 Å². The van der Waals surface area contributed by atoms with Crippen molar-refractivity contribution in [1.82, 2.24) is 4.98 Å². The lowest BCUT2D eigenvalue weighted by molar-refractivity contribution is 0.0996. The van der Waals surface area contributed by atoms with Crippen LogP contribution in [0.1, 0.15) is 38.6 Å². The second kappa shape index (κ2) is 8.77. The first kappa shape index (κ1) is 20.9. The molecule has 3 aromatic rings. The van der Waals surface area contributed by atoms with Gasteiger partial charge >= 0.3 is 0 Å². The van der Waals surface area contributed by atoms with Crippen LogP contribution < -0.4 is 20.7 Å². The third-order valence-electron chi connectivity index (χ3n) is 5.32. The maximum atomic E-state index is 13.1. The van der Waals surface area contributed by atoms with Gasteiger partial charge in [-0.2, -0.15) is 0 Å². The minimum absolute atomic E-state index is 0.253. The van der Waals surface area contributed by atoms with Gasteiger partial charge in [0.25, 0.3) is 5.91 Å². The third-order valence-corrected chi connectivity index (χ3v) is 6.52. The molecule has 0 saturated carbocycles. The van der Waals surface area contributed by atoms with E-state index in [-0.39, 0.29) is 5.91 Å². The van der Waals surface area contributed by atoms with Crippen LogP contribution in [0.3, 0.4) is 0 Å². The number of carbonyl (C=O) groups excluding carboxylic acids is 2. The summed E-state index contributed by atoms with van der Waals surface area (Å²) in [6.45, 7) is 3.65. The molecule has 2 amide bonds. The number of hydrogen-bond acceptors (Lipinski definition) is 6. The molecule has 1 aliphatic heterocycles. The number of anilines is 2. The van der Waals surface area contributed by atoms with Crippen molar-refractivity contribution < 1.29 is 14.3 Å². The van der Waals surface area contributed by atoms with Gasteiger partial charge in [0, 0.05) is 24.2 Å². The molecule has 0 atom stereocenters. The van der Waals surface area contributed by atoms with Crippen LogP contribution in [0.25, 0.3) is 10.6 Å². The van der Waals surface area contributed by atoms with E-state index in [0.717, 1.165) is 47.9 Å². The Labute approximate surface area is 184 Å². The van der Waals surface area contributed by atoms with Crippen molar-refractivity contribution >= 4 is 34.5 Å². The predicted octanol–water partition coefficient (Wildman–Crippen LogP) is 4.08. The maximum Gasteiger partial charge on any atom is 0.267 e. The number of benzene rings is 2. The molecule has 7 nitrogen and oxygen atoms in total. The fraction of sp³-hybridized carbons (Fsp3) is 0.261. The fourth-order valence-electron chi connectivity index (χ4n) is 3.67. The first-order valence-electron chi connectivity index (χ1n) is 10.1. The molecule has 0 bridgehead atoms. The molecule has 2 aromatic carbocycles. The van der Waals surface area contributed by atoms with E-state index in [0.29, 0.717) is 21.8 Å². The van der Waals surface area contributed by atoms with Crippen molar-refractivity contribution in [2.75, 3.05) is 30.4 Å². The van der Waals surface area contributed by atoms with E-state index >= 15 is 0 Å². The molecule has 160 valence electrons. The standard InChI is InChI=1S/C23H24N4O3S/c1-14-20(31-23(25-14)15-5-8-17(30-2)9-6-15)22(29)26-18-13-16(21(24)28)7-10-19(18)27-11-3-4-12-27/h5-10,13H,3-4,11-12H2,1-2H3,(H2,24,28)(H,26,29). The van der Waals surface area contributed by atoms with Crippen LogP contribution in [0, 0.1) is 6.92 Å². The number of aryl methyl sites for hydroxylation is 1. The summed E-state index contributed by atoms with van der Waals surface area (Å²) < 4.78 is 5.20. The number of nitrogens with one attached hydrogen (secondary N) is 1. The van der Waals surface area contributed by atoms with Crippen LogP contribution in [0.2, 0.25) is 0 Å². The number of nitrogens with two attached hydrogens (primary N) is 1. The zero-order chi connectivity index (χ0) is 22.0. The van der Waals surface area contributed by atoms with Gasteiger partial charge in [-0.05, 0) is 62.2 Å². The van der Waals surface area contributed by atoms with Crippen molar-refractivity contribution in [3.05, 3.63) is 58.6 Å². The topological polar surface area (TPSA) is 97.5 Å². The zero-order valence-electron chi connectivity index (χ0n) is 17.5. The molecule has 1 aliphatic rings. The highest BCUT2D eigenvalue weighted by Gasteiger charge is 2.21. The molecule has 1 aromatic heterocycles. The Morgan fingerprint density at radius 1 is 1.13 bits per heavy atom. The van der Waals surface area contributed by atoms with Crippen LogP contribution in [-0.2, 0) is 0 Å². The molecular formula is C23H24N4O3S. The number of thiazole rings is 1. The molecule has 3 N–H and O–H groups in total. The van der Waals surface area contributed by atoms with Crippen molar-refractivity contribution in [2.45, 2.75) is 19.8 Å². The quantitative estimate of drug-likeness (QED) is 0.607. The lowest BCUT2D eigenvalue weighted by Crippen LogP contribution is -2.22. The molecule has 0 aliphatic carbocycles. The van der Waals surface area contributed by atoms with Crippen LogP contribution in [0.4, 0.5) is 11.4 Å². The van der Waals surface area contributed by atoms with Gasteiger partial charge in [-0.15, -0.1) is 11.3 Å². The second-order valence-electron chi connectivity index (χ2n) is 7.41. The third kappa shape index (κ3) is 4.39. The number of aromatic nitrogens is 1. The number of primary amides is 1. The lowest BCUT2D eigenvalue weighted by Gasteiger charge is -2.22. The molecule has 2 heterocycles. The van der Waals surface area contributed by atoms with Gasteiger partial charge in [-0.1, -0.05) is 0 Å². The van der Waals surface area contributed by atoms with E-state index in [2.05, 4.69) is 15.2 Å². The highest BCUT2D eigenvalue weighted by atomic mass is 32.1. The van der Waals surface area contributed by atoms with E-state index in [9.17, 15) is 9.59 Å². The molecule has 0 radical (unpaired) electrons. The molecule has 31 heavy (non-hydrogen) atoms. The summed E-state index contributed by atoms with van der Waals surface area (Å²) in [5.41, 5.74) is 8.87. The van der Waals surface area contributed by atoms with Gasteiger partial charge in [0.2, 0.25) is 5.91 Å². The van der Waals surface area contributed by atoms with E-state index < -0.39 is 5.91 Å². The molecule has 0 spiro atoms. The number of ether oxygens (including phenoxy) is 1. The minimum atomic E-state index is -0.528. The highest BCUT2D eigenvalue weighted by molar-refractivity contribution is 7.17. The molecule has 4 rings (SSSR count). The first-order valence-corrected chi connectivity index (χ1v) is 10.9. The molecule has 0 unspecified atom stereocenters. The SMILES string of the molecule is COc1ccc(-c2nc(C)c(C(=O)Nc3cc(C(N)=O)ccc3N3CCCC3)s2)cc1. The van der Waals surface area contributed by atoms with Crippen LogP contribution in [-0.4, -0.2) is 37.0 Å². The number of hydrogen-bond donors (Lipinski definition) is 2. The first-order chi connectivity index (χ1) is 15.0. The summed E-state index contributed by atoms with van der Waals surface area (Å²) >= 11 is 1.33. The second-order valence-corrected chi connectivity index (χ2v) is 8.41. The van der Waals surface area contributed by atoms with Crippen molar-refractivity contribution in [3.8, 4) is 16.3 Å². The van der Waals surface area contributed by atoms with E-state index in [4.69, 9.17) is 10.5 Å². The van der Waals surface area contributed by atoms with Gasteiger partial charge in [0.15, 0.2) is 0 Å². The van der Waals surface area contributed by atoms with Gasteiger partial charge in [0.1, 0.15) is 15.6 Å². The Bertz CT molecular complexity index is 1120. The van der Waals surface area contributed by atoms with Gasteiger partial charge < -0.3 is 20.7 Å². The molecular weight excluding hydrogens is 412 g/mol. The molecule has 8 heteroatoms. The predicted molar refractivity (Wildman–Crippen MR) is 123 cm³/mol. The van der Waals surface area contributed by atoms with Crippen LogP contribution >= 0.6 is 11.3 Å². The number of nitrogens with zero attached hydrogens (tertiary/aromatic N) is 2. The number of amides is 2. The van der Waals surface area contributed by atoms with Crippen molar-refractivity contribution in [1.29, 1.82) is 0 Å². The number of rotatable bonds is 6. The fourth-order valence-corrected chi connectivity index (χ4v) is 4.63. The number of methoxy groups -OCH3 is 1. The zero-order valence-corrected chi connectivity index (χ0v) is 18.3. The summed E-state index contributed by atoms with van der Waals surface area (Å²) in [7, 11) is 1.62. The Balaban J connectivity index is 1.62. The van der Waals surface area contributed by atoms with Gasteiger partial charge in [-0.25, -0.2) is 4.98 Å². The summed E-state index contributed by atoms with van der Waals surface area (Å²) in [5, 5.41) is 3.75. The summed E-state index contributed by atoms with van der Waals surface area (Å²) in [5.74, 6) is -0.0187. The molecule has 1 saturated heterocycles. The minimum Gasteiger partial charge on any atom is -0.497 e. The normalized spacial score (nSPS) is 13.3. The largest absolute Gasteiger partial charge is 0.497 e. The van der Waals surface area contributed by atoms with Crippen LogP contribution in [0.15, 0.2) is 42.5 Å².